The zero-order valence-electron chi connectivity index (χ0n) is 11.6. The molecule has 0 fully saturated rings. The second kappa shape index (κ2) is 5.47. The van der Waals surface area contributed by atoms with Crippen LogP contribution in [-0.4, -0.2) is 18.2 Å². The van der Waals surface area contributed by atoms with Gasteiger partial charge in [-0.15, -0.1) is 0 Å². The molecule has 2 heterocycles. The van der Waals surface area contributed by atoms with E-state index in [1.807, 2.05) is 37.3 Å². The summed E-state index contributed by atoms with van der Waals surface area (Å²) in [5, 5.41) is 0. The zero-order chi connectivity index (χ0) is 13.9. The fraction of sp³-hybridized carbons (Fsp3) is 0.235. The average Bonchev–Trinajstić information content (AvgIpc) is 2.64. The molecule has 0 amide bonds. The van der Waals surface area contributed by atoms with Crippen LogP contribution >= 0.6 is 0 Å². The van der Waals surface area contributed by atoms with Gasteiger partial charge < -0.3 is 9.47 Å². The first-order chi connectivity index (χ1) is 9.83. The molecule has 0 aromatic carbocycles. The highest BCUT2D eigenvalue weighted by Crippen LogP contribution is 2.37. The normalized spacial score (nSPS) is 24.3. The van der Waals surface area contributed by atoms with Crippen molar-refractivity contribution >= 4 is 0 Å². The molecule has 0 saturated heterocycles. The third kappa shape index (κ3) is 2.21. The lowest BCUT2D eigenvalue weighted by Gasteiger charge is -2.20. The Hall–Kier alpha value is -2.13. The Balaban J connectivity index is 2.13. The molecule has 0 bridgehead atoms. The topological polar surface area (TPSA) is 31.4 Å². The number of nitrogens with zero attached hydrogens (tertiary/aromatic N) is 1. The van der Waals surface area contributed by atoms with E-state index in [-0.39, 0.29) is 12.0 Å². The second-order valence-corrected chi connectivity index (χ2v) is 4.75. The highest BCUT2D eigenvalue weighted by Gasteiger charge is 2.26. The van der Waals surface area contributed by atoms with Gasteiger partial charge in [-0.05, 0) is 19.1 Å². The second-order valence-electron chi connectivity index (χ2n) is 4.75. The highest BCUT2D eigenvalue weighted by molar-refractivity contribution is 5.49. The summed E-state index contributed by atoms with van der Waals surface area (Å²) in [6.45, 7) is 2.02. The smallest absolute Gasteiger partial charge is 0.223 e. The fourth-order valence-electron chi connectivity index (χ4n) is 2.56. The predicted molar refractivity (Wildman–Crippen MR) is 78.5 cm³/mol. The van der Waals surface area contributed by atoms with Crippen LogP contribution in [0.3, 0.4) is 0 Å². The summed E-state index contributed by atoms with van der Waals surface area (Å²) >= 11 is 0. The van der Waals surface area contributed by atoms with Crippen LogP contribution in [0, 0.1) is 0 Å². The number of methoxy groups -OCH3 is 1. The lowest BCUT2D eigenvalue weighted by atomic mass is 9.93. The molecule has 3 rings (SSSR count). The quantitative estimate of drug-likeness (QED) is 0.768. The van der Waals surface area contributed by atoms with Crippen molar-refractivity contribution in [1.82, 2.24) is 4.98 Å². The number of hydrogen-bond donors (Lipinski definition) is 0. The number of hydrogen-bond acceptors (Lipinski definition) is 3. The highest BCUT2D eigenvalue weighted by atomic mass is 16.5. The van der Waals surface area contributed by atoms with E-state index in [0.717, 1.165) is 16.9 Å². The lowest BCUT2D eigenvalue weighted by Crippen LogP contribution is -2.17. The largest absolute Gasteiger partial charge is 0.438 e. The van der Waals surface area contributed by atoms with Gasteiger partial charge in [-0.2, -0.15) is 0 Å². The van der Waals surface area contributed by atoms with Crippen molar-refractivity contribution in [2.24, 2.45) is 0 Å². The summed E-state index contributed by atoms with van der Waals surface area (Å²) in [6, 6.07) is 3.99. The maximum atomic E-state index is 5.99. The summed E-state index contributed by atoms with van der Waals surface area (Å²) < 4.78 is 11.5. The van der Waals surface area contributed by atoms with E-state index in [1.54, 1.807) is 13.3 Å². The Bertz CT molecular complexity index is 626. The Morgan fingerprint density at radius 3 is 3.10 bits per heavy atom. The van der Waals surface area contributed by atoms with E-state index in [1.165, 1.54) is 0 Å². The van der Waals surface area contributed by atoms with Gasteiger partial charge in [0.15, 0.2) is 0 Å². The zero-order valence-corrected chi connectivity index (χ0v) is 11.6. The molecule has 0 N–H and O–H groups in total. The molecule has 3 nitrogen and oxygen atoms in total. The van der Waals surface area contributed by atoms with Crippen LogP contribution in [0.15, 0.2) is 66.1 Å². The number of pyridine rings is 1. The number of ether oxygens (including phenoxy) is 2. The van der Waals surface area contributed by atoms with Gasteiger partial charge in [0.25, 0.3) is 0 Å². The third-order valence-electron chi connectivity index (χ3n) is 3.50. The van der Waals surface area contributed by atoms with Crippen LogP contribution in [-0.2, 0) is 4.74 Å². The van der Waals surface area contributed by atoms with E-state index >= 15 is 0 Å². The summed E-state index contributed by atoms with van der Waals surface area (Å²) in [7, 11) is 1.71. The molecule has 2 atom stereocenters. The molecule has 1 aliphatic carbocycles. The van der Waals surface area contributed by atoms with Crippen molar-refractivity contribution < 1.29 is 9.47 Å². The van der Waals surface area contributed by atoms with E-state index in [2.05, 4.69) is 23.2 Å². The minimum Gasteiger partial charge on any atom is -0.438 e. The van der Waals surface area contributed by atoms with E-state index in [0.29, 0.717) is 5.88 Å². The van der Waals surface area contributed by atoms with Crippen molar-refractivity contribution in [1.29, 1.82) is 0 Å². The number of rotatable bonds is 2. The molecular formula is C17H17NO2. The molecule has 1 aliphatic heterocycles. The lowest BCUT2D eigenvalue weighted by molar-refractivity contribution is 0.163. The van der Waals surface area contributed by atoms with E-state index in [9.17, 15) is 0 Å². The Morgan fingerprint density at radius 1 is 1.40 bits per heavy atom. The Kier molecular flexibility index (Phi) is 3.52. The minimum absolute atomic E-state index is 0.0722. The predicted octanol–water partition coefficient (Wildman–Crippen LogP) is 3.53. The SMILES string of the molecule is CC=CC1C=C2C(=CC=CC2OC)Oc2ncccc21. The van der Waals surface area contributed by atoms with Gasteiger partial charge in [0.2, 0.25) is 5.88 Å². The van der Waals surface area contributed by atoms with Crippen LogP contribution in [0.5, 0.6) is 5.88 Å². The molecule has 1 aromatic rings. The molecule has 0 spiro atoms. The average molecular weight is 267 g/mol. The number of fused-ring (bicyclic) bond motifs is 2. The first kappa shape index (κ1) is 12.9. The van der Waals surface area contributed by atoms with Crippen LogP contribution in [0.2, 0.25) is 0 Å². The summed E-state index contributed by atoms with van der Waals surface area (Å²) in [5.41, 5.74) is 2.12. The molecule has 3 heteroatoms. The standard InChI is InChI=1S/C17H17NO2/c1-3-6-12-11-14-15(19-2)8-4-9-16(14)20-17-13(12)7-5-10-18-17/h3-12,15H,1-2H3. The van der Waals surface area contributed by atoms with Gasteiger partial charge in [0, 0.05) is 30.4 Å². The molecule has 2 aliphatic rings. The van der Waals surface area contributed by atoms with Crippen LogP contribution in [0.4, 0.5) is 0 Å². The van der Waals surface area contributed by atoms with Crippen LogP contribution < -0.4 is 4.74 Å². The van der Waals surface area contributed by atoms with Gasteiger partial charge in [-0.25, -0.2) is 4.98 Å². The van der Waals surface area contributed by atoms with Gasteiger partial charge >= 0.3 is 0 Å². The molecule has 0 saturated carbocycles. The molecule has 20 heavy (non-hydrogen) atoms. The van der Waals surface area contributed by atoms with Gasteiger partial charge in [0.1, 0.15) is 11.9 Å². The first-order valence-corrected chi connectivity index (χ1v) is 6.72. The van der Waals surface area contributed by atoms with Crippen LogP contribution in [0.25, 0.3) is 0 Å². The van der Waals surface area contributed by atoms with Gasteiger partial charge in [-0.1, -0.05) is 36.4 Å². The third-order valence-corrected chi connectivity index (χ3v) is 3.50. The van der Waals surface area contributed by atoms with Crippen LogP contribution in [0.1, 0.15) is 18.4 Å². The summed E-state index contributed by atoms with van der Waals surface area (Å²) in [6.07, 6.45) is 14.0. The van der Waals surface area contributed by atoms with Crippen molar-refractivity contribution in [3.8, 4) is 5.88 Å². The summed E-state index contributed by atoms with van der Waals surface area (Å²) in [4.78, 5) is 4.36. The number of allylic oxidation sites excluding steroid dienone is 5. The van der Waals surface area contributed by atoms with Crippen molar-refractivity contribution in [3.63, 3.8) is 0 Å². The fourth-order valence-corrected chi connectivity index (χ4v) is 2.56. The van der Waals surface area contributed by atoms with Crippen molar-refractivity contribution in [2.45, 2.75) is 18.9 Å². The Morgan fingerprint density at radius 2 is 2.30 bits per heavy atom. The monoisotopic (exact) mass is 267 g/mol. The first-order valence-electron chi connectivity index (χ1n) is 6.72. The molecule has 2 unspecified atom stereocenters. The molecular weight excluding hydrogens is 250 g/mol. The minimum atomic E-state index is -0.0722. The van der Waals surface area contributed by atoms with Gasteiger partial charge in [0.05, 0.1) is 0 Å². The molecule has 0 radical (unpaired) electrons. The molecule has 102 valence electrons. The van der Waals surface area contributed by atoms with E-state index in [4.69, 9.17) is 9.47 Å². The number of aromatic nitrogens is 1. The Labute approximate surface area is 118 Å². The van der Waals surface area contributed by atoms with E-state index < -0.39 is 0 Å². The van der Waals surface area contributed by atoms with Crippen molar-refractivity contribution in [3.05, 3.63) is 71.7 Å². The van der Waals surface area contributed by atoms with Gasteiger partial charge in [-0.3, -0.25) is 0 Å². The maximum Gasteiger partial charge on any atom is 0.223 e. The maximum absolute atomic E-state index is 5.99. The summed E-state index contributed by atoms with van der Waals surface area (Å²) in [5.74, 6) is 1.62. The molecule has 1 aromatic heterocycles. The van der Waals surface area contributed by atoms with Crippen molar-refractivity contribution in [2.75, 3.05) is 7.11 Å².